The highest BCUT2D eigenvalue weighted by Gasteiger charge is 2.13. The maximum absolute atomic E-state index is 14.2. The maximum Gasteiger partial charge on any atom is 0.254 e. The van der Waals surface area contributed by atoms with Crippen molar-refractivity contribution in [2.24, 2.45) is 0 Å². The summed E-state index contributed by atoms with van der Waals surface area (Å²) in [6, 6.07) is 10.3. The Labute approximate surface area is 134 Å². The van der Waals surface area contributed by atoms with E-state index in [1.807, 2.05) is 13.8 Å². The van der Waals surface area contributed by atoms with Crippen molar-refractivity contribution < 1.29 is 13.6 Å². The van der Waals surface area contributed by atoms with E-state index in [0.29, 0.717) is 17.7 Å². The number of hydrogen-bond acceptors (Lipinski definition) is 2. The highest BCUT2D eigenvalue weighted by molar-refractivity contribution is 5.95. The lowest BCUT2D eigenvalue weighted by Crippen LogP contribution is -2.39. The Morgan fingerprint density at radius 3 is 2.35 bits per heavy atom. The fourth-order valence-corrected chi connectivity index (χ4v) is 2.28. The average molecular weight is 318 g/mol. The Bertz CT molecular complexity index is 671. The van der Waals surface area contributed by atoms with Gasteiger partial charge in [0.25, 0.3) is 5.91 Å². The van der Waals surface area contributed by atoms with Gasteiger partial charge in [0.1, 0.15) is 11.6 Å². The summed E-state index contributed by atoms with van der Waals surface area (Å²) in [5.41, 5.74) is 1.29. The van der Waals surface area contributed by atoms with Gasteiger partial charge in [-0.15, -0.1) is 0 Å². The van der Waals surface area contributed by atoms with Gasteiger partial charge < -0.3 is 10.6 Å². The second kappa shape index (κ2) is 7.83. The van der Waals surface area contributed by atoms with E-state index in [1.54, 1.807) is 18.2 Å². The quantitative estimate of drug-likeness (QED) is 0.857. The highest BCUT2D eigenvalue weighted by atomic mass is 19.1. The zero-order valence-corrected chi connectivity index (χ0v) is 13.2. The van der Waals surface area contributed by atoms with Gasteiger partial charge in [-0.25, -0.2) is 8.78 Å². The SMILES string of the molecule is CCN[C@H](C)CNC(=O)c1ccc(-c2ccc(F)cc2)cc1F. The molecule has 2 aromatic carbocycles. The van der Waals surface area contributed by atoms with Crippen LogP contribution in [0.4, 0.5) is 8.78 Å². The number of rotatable bonds is 6. The zero-order valence-electron chi connectivity index (χ0n) is 13.2. The van der Waals surface area contributed by atoms with Crippen molar-refractivity contribution in [3.05, 3.63) is 59.7 Å². The number of halogens is 2. The minimum Gasteiger partial charge on any atom is -0.350 e. The fraction of sp³-hybridized carbons (Fsp3) is 0.278. The molecular formula is C18H20F2N2O. The summed E-state index contributed by atoms with van der Waals surface area (Å²) in [4.78, 5) is 12.0. The van der Waals surface area contributed by atoms with Gasteiger partial charge in [0.15, 0.2) is 0 Å². The molecule has 0 spiro atoms. The van der Waals surface area contributed by atoms with Crippen molar-refractivity contribution in [3.63, 3.8) is 0 Å². The molecule has 1 amide bonds. The average Bonchev–Trinajstić information content (AvgIpc) is 2.53. The van der Waals surface area contributed by atoms with Gasteiger partial charge in [0, 0.05) is 12.6 Å². The lowest BCUT2D eigenvalue weighted by atomic mass is 10.0. The molecule has 0 fully saturated rings. The Kier molecular flexibility index (Phi) is 5.82. The van der Waals surface area contributed by atoms with Crippen LogP contribution in [0.2, 0.25) is 0 Å². The van der Waals surface area contributed by atoms with Crippen LogP contribution in [-0.4, -0.2) is 25.0 Å². The van der Waals surface area contributed by atoms with E-state index in [4.69, 9.17) is 0 Å². The van der Waals surface area contributed by atoms with Gasteiger partial charge in [-0.3, -0.25) is 4.79 Å². The van der Waals surface area contributed by atoms with Gasteiger partial charge >= 0.3 is 0 Å². The van der Waals surface area contributed by atoms with E-state index in [9.17, 15) is 13.6 Å². The first kappa shape index (κ1) is 17.1. The van der Waals surface area contributed by atoms with E-state index in [0.717, 1.165) is 6.54 Å². The fourth-order valence-electron chi connectivity index (χ4n) is 2.28. The number of benzene rings is 2. The molecule has 2 rings (SSSR count). The van der Waals surface area contributed by atoms with E-state index >= 15 is 0 Å². The third-order valence-electron chi connectivity index (χ3n) is 3.51. The number of likely N-dealkylation sites (N-methyl/N-ethyl adjacent to an activating group) is 1. The maximum atomic E-state index is 14.2. The second-order valence-electron chi connectivity index (χ2n) is 5.37. The molecule has 0 aliphatic carbocycles. The van der Waals surface area contributed by atoms with Crippen molar-refractivity contribution in [3.8, 4) is 11.1 Å². The van der Waals surface area contributed by atoms with E-state index in [-0.39, 0.29) is 17.4 Å². The highest BCUT2D eigenvalue weighted by Crippen LogP contribution is 2.22. The van der Waals surface area contributed by atoms with E-state index in [2.05, 4.69) is 10.6 Å². The van der Waals surface area contributed by atoms with Gasteiger partial charge in [-0.1, -0.05) is 25.1 Å². The predicted molar refractivity (Wildman–Crippen MR) is 87.3 cm³/mol. The van der Waals surface area contributed by atoms with Crippen LogP contribution in [0.3, 0.4) is 0 Å². The standard InChI is InChI=1S/C18H20F2N2O/c1-3-21-12(2)11-22-18(23)16-9-6-14(10-17(16)20)13-4-7-15(19)8-5-13/h4-10,12,21H,3,11H2,1-2H3,(H,22,23)/t12-/m1/s1. The summed E-state index contributed by atoms with van der Waals surface area (Å²) in [5.74, 6) is -1.39. The summed E-state index contributed by atoms with van der Waals surface area (Å²) >= 11 is 0. The molecule has 0 aliphatic rings. The molecule has 2 N–H and O–H groups in total. The third-order valence-corrected chi connectivity index (χ3v) is 3.51. The molecule has 1 atom stereocenters. The number of carbonyl (C=O) groups excluding carboxylic acids is 1. The lowest BCUT2D eigenvalue weighted by Gasteiger charge is -2.13. The van der Waals surface area contributed by atoms with Crippen LogP contribution in [0.15, 0.2) is 42.5 Å². The summed E-state index contributed by atoms with van der Waals surface area (Å²) in [5, 5.41) is 5.86. The first-order valence-electron chi connectivity index (χ1n) is 7.58. The van der Waals surface area contributed by atoms with Gasteiger partial charge in [-0.05, 0) is 48.9 Å². The van der Waals surface area contributed by atoms with Crippen molar-refractivity contribution in [1.29, 1.82) is 0 Å². The van der Waals surface area contributed by atoms with Gasteiger partial charge in [0.2, 0.25) is 0 Å². The molecule has 0 radical (unpaired) electrons. The molecule has 0 aromatic heterocycles. The molecule has 0 saturated carbocycles. The molecule has 3 nitrogen and oxygen atoms in total. The summed E-state index contributed by atoms with van der Waals surface area (Å²) in [6.07, 6.45) is 0. The second-order valence-corrected chi connectivity index (χ2v) is 5.37. The minimum atomic E-state index is -0.597. The topological polar surface area (TPSA) is 41.1 Å². The van der Waals surface area contributed by atoms with Gasteiger partial charge in [-0.2, -0.15) is 0 Å². The van der Waals surface area contributed by atoms with E-state index < -0.39 is 11.7 Å². The first-order valence-corrected chi connectivity index (χ1v) is 7.58. The molecule has 2 aromatic rings. The van der Waals surface area contributed by atoms with Crippen LogP contribution in [0.25, 0.3) is 11.1 Å². The van der Waals surface area contributed by atoms with Crippen LogP contribution < -0.4 is 10.6 Å². The number of hydrogen-bond donors (Lipinski definition) is 2. The molecule has 23 heavy (non-hydrogen) atoms. The normalized spacial score (nSPS) is 12.0. The van der Waals surface area contributed by atoms with Crippen molar-refractivity contribution >= 4 is 5.91 Å². The molecular weight excluding hydrogens is 298 g/mol. The molecule has 5 heteroatoms. The third kappa shape index (κ3) is 4.60. The van der Waals surface area contributed by atoms with Crippen LogP contribution >= 0.6 is 0 Å². The molecule has 0 bridgehead atoms. The number of nitrogens with one attached hydrogen (secondary N) is 2. The monoisotopic (exact) mass is 318 g/mol. The Hall–Kier alpha value is -2.27. The van der Waals surface area contributed by atoms with Crippen LogP contribution in [0.5, 0.6) is 0 Å². The number of amides is 1. The van der Waals surface area contributed by atoms with Crippen LogP contribution in [0, 0.1) is 11.6 Å². The molecule has 122 valence electrons. The number of carbonyl (C=O) groups is 1. The lowest BCUT2D eigenvalue weighted by molar-refractivity contribution is 0.0946. The largest absolute Gasteiger partial charge is 0.350 e. The minimum absolute atomic E-state index is 0.000407. The molecule has 0 saturated heterocycles. The summed E-state index contributed by atoms with van der Waals surface area (Å²) < 4.78 is 27.1. The van der Waals surface area contributed by atoms with Crippen LogP contribution in [0.1, 0.15) is 24.2 Å². The Balaban J connectivity index is 2.09. The van der Waals surface area contributed by atoms with Gasteiger partial charge in [0.05, 0.1) is 5.56 Å². The predicted octanol–water partition coefficient (Wildman–Crippen LogP) is 3.36. The smallest absolute Gasteiger partial charge is 0.254 e. The molecule has 0 unspecified atom stereocenters. The van der Waals surface area contributed by atoms with E-state index in [1.165, 1.54) is 24.3 Å². The van der Waals surface area contributed by atoms with Crippen molar-refractivity contribution in [1.82, 2.24) is 10.6 Å². The Morgan fingerprint density at radius 2 is 1.74 bits per heavy atom. The molecule has 0 heterocycles. The van der Waals surface area contributed by atoms with Crippen LogP contribution in [-0.2, 0) is 0 Å². The first-order chi connectivity index (χ1) is 11.0. The Morgan fingerprint density at radius 1 is 1.09 bits per heavy atom. The molecule has 0 aliphatic heterocycles. The summed E-state index contributed by atoms with van der Waals surface area (Å²) in [6.45, 7) is 5.15. The van der Waals surface area contributed by atoms with Crippen molar-refractivity contribution in [2.45, 2.75) is 19.9 Å². The summed E-state index contributed by atoms with van der Waals surface area (Å²) in [7, 11) is 0. The van der Waals surface area contributed by atoms with Crippen molar-refractivity contribution in [2.75, 3.05) is 13.1 Å². The zero-order chi connectivity index (χ0) is 16.8.